The number of carbonyl (C=O) groups excluding carboxylic acids is 1. The zero-order valence-electron chi connectivity index (χ0n) is 11.2. The van der Waals surface area contributed by atoms with Crippen molar-refractivity contribution in [3.8, 4) is 5.75 Å². The number of hydrogen-bond donors (Lipinski definition) is 2. The number of rotatable bonds is 4. The van der Waals surface area contributed by atoms with Gasteiger partial charge < -0.3 is 9.15 Å². The van der Waals surface area contributed by atoms with Crippen LogP contribution in [0.15, 0.2) is 33.2 Å². The Kier molecular flexibility index (Phi) is 4.46. The van der Waals surface area contributed by atoms with Gasteiger partial charge in [-0.25, -0.2) is 5.84 Å². The molecule has 0 saturated carbocycles. The first-order valence-corrected chi connectivity index (χ1v) is 6.79. The van der Waals surface area contributed by atoms with Crippen LogP contribution in [0, 0.1) is 13.8 Å². The molecule has 0 aliphatic carbocycles. The topological polar surface area (TPSA) is 77.5 Å². The number of carbonyl (C=O) groups is 1. The molecule has 0 radical (unpaired) electrons. The van der Waals surface area contributed by atoms with Gasteiger partial charge in [0.25, 0.3) is 5.91 Å². The highest BCUT2D eigenvalue weighted by atomic mass is 79.9. The van der Waals surface area contributed by atoms with Gasteiger partial charge in [0.05, 0.1) is 5.56 Å². The number of hydrazine groups is 1. The second-order valence-corrected chi connectivity index (χ2v) is 5.21. The van der Waals surface area contributed by atoms with Crippen LogP contribution in [-0.2, 0) is 6.61 Å². The molecule has 20 heavy (non-hydrogen) atoms. The Balaban J connectivity index is 2.07. The number of aryl methyl sites for hydroxylation is 2. The molecule has 3 N–H and O–H groups in total. The molecule has 2 aromatic rings. The Bertz CT molecular complexity index is 637. The van der Waals surface area contributed by atoms with Gasteiger partial charge in [0.1, 0.15) is 23.9 Å². The number of nitrogen functional groups attached to an aromatic ring is 1. The molecule has 1 heterocycles. The van der Waals surface area contributed by atoms with Gasteiger partial charge in [-0.05, 0) is 43.7 Å². The van der Waals surface area contributed by atoms with Crippen LogP contribution in [0.5, 0.6) is 5.75 Å². The van der Waals surface area contributed by atoms with Crippen LogP contribution in [0.1, 0.15) is 27.4 Å². The third kappa shape index (κ3) is 3.20. The molecule has 0 atom stereocenters. The van der Waals surface area contributed by atoms with Gasteiger partial charge in [-0.1, -0.05) is 15.9 Å². The summed E-state index contributed by atoms with van der Waals surface area (Å²) >= 11 is 3.43. The van der Waals surface area contributed by atoms with Gasteiger partial charge >= 0.3 is 0 Å². The Hall–Kier alpha value is -1.79. The van der Waals surface area contributed by atoms with E-state index in [9.17, 15) is 4.79 Å². The Morgan fingerprint density at radius 1 is 1.40 bits per heavy atom. The van der Waals surface area contributed by atoms with E-state index in [0.717, 1.165) is 15.8 Å². The molecule has 2 rings (SSSR count). The molecule has 0 saturated heterocycles. The summed E-state index contributed by atoms with van der Waals surface area (Å²) in [6.07, 6.45) is 0. The zero-order chi connectivity index (χ0) is 14.7. The Morgan fingerprint density at radius 3 is 2.80 bits per heavy atom. The predicted molar refractivity (Wildman–Crippen MR) is 78.3 cm³/mol. The summed E-state index contributed by atoms with van der Waals surface area (Å²) in [6, 6.07) is 7.34. The van der Waals surface area contributed by atoms with E-state index in [0.29, 0.717) is 17.1 Å². The third-order valence-electron chi connectivity index (χ3n) is 2.86. The van der Waals surface area contributed by atoms with Crippen molar-refractivity contribution >= 4 is 21.8 Å². The van der Waals surface area contributed by atoms with Crippen molar-refractivity contribution in [2.45, 2.75) is 20.5 Å². The average molecular weight is 339 g/mol. The van der Waals surface area contributed by atoms with Crippen LogP contribution in [0.2, 0.25) is 0 Å². The molecule has 0 spiro atoms. The average Bonchev–Trinajstić information content (AvgIpc) is 2.80. The molecule has 1 aromatic carbocycles. The lowest BCUT2D eigenvalue weighted by atomic mass is 10.2. The third-order valence-corrected chi connectivity index (χ3v) is 3.74. The minimum Gasteiger partial charge on any atom is -0.486 e. The van der Waals surface area contributed by atoms with E-state index in [-0.39, 0.29) is 12.5 Å². The maximum absolute atomic E-state index is 11.5. The Morgan fingerprint density at radius 2 is 2.15 bits per heavy atom. The van der Waals surface area contributed by atoms with Crippen LogP contribution < -0.4 is 16.0 Å². The summed E-state index contributed by atoms with van der Waals surface area (Å²) in [4.78, 5) is 11.5. The van der Waals surface area contributed by atoms with Gasteiger partial charge in [0.15, 0.2) is 0 Å². The van der Waals surface area contributed by atoms with E-state index in [1.165, 1.54) is 0 Å². The second-order valence-electron chi connectivity index (χ2n) is 4.36. The molecule has 6 heteroatoms. The van der Waals surface area contributed by atoms with Gasteiger partial charge in [0.2, 0.25) is 0 Å². The molecule has 0 bridgehead atoms. The summed E-state index contributed by atoms with van der Waals surface area (Å²) in [5.41, 5.74) is 3.58. The smallest absolute Gasteiger partial charge is 0.268 e. The summed E-state index contributed by atoms with van der Waals surface area (Å²) < 4.78 is 12.1. The first-order chi connectivity index (χ1) is 9.51. The van der Waals surface area contributed by atoms with E-state index >= 15 is 0 Å². The van der Waals surface area contributed by atoms with Gasteiger partial charge in [-0.15, -0.1) is 0 Å². The van der Waals surface area contributed by atoms with E-state index in [4.69, 9.17) is 15.0 Å². The summed E-state index contributed by atoms with van der Waals surface area (Å²) in [5, 5.41) is 0. The van der Waals surface area contributed by atoms with Crippen molar-refractivity contribution in [1.29, 1.82) is 0 Å². The molecular formula is C14H15BrN2O3. The van der Waals surface area contributed by atoms with Gasteiger partial charge in [-0.2, -0.15) is 0 Å². The van der Waals surface area contributed by atoms with Gasteiger partial charge in [0, 0.05) is 4.47 Å². The molecule has 1 amide bonds. The predicted octanol–water partition coefficient (Wildman–Crippen LogP) is 2.84. The standard InChI is InChI=1S/C14H15BrN2O3/c1-8-5-10(3-4-13(8)15)19-7-11-6-12(9(2)20-11)14(18)17-16/h3-6H,7,16H2,1-2H3,(H,17,18). The molecular weight excluding hydrogens is 324 g/mol. The molecule has 0 aliphatic rings. The second kappa shape index (κ2) is 6.11. The number of furan rings is 1. The van der Waals surface area contributed by atoms with E-state index in [1.54, 1.807) is 13.0 Å². The van der Waals surface area contributed by atoms with Crippen molar-refractivity contribution in [1.82, 2.24) is 5.43 Å². The van der Waals surface area contributed by atoms with Gasteiger partial charge in [-0.3, -0.25) is 10.2 Å². The number of ether oxygens (including phenoxy) is 1. The fourth-order valence-electron chi connectivity index (χ4n) is 1.78. The van der Waals surface area contributed by atoms with Crippen LogP contribution in [0.3, 0.4) is 0 Å². The summed E-state index contributed by atoms with van der Waals surface area (Å²) in [5.74, 6) is 6.55. The number of nitrogens with one attached hydrogen (secondary N) is 1. The quantitative estimate of drug-likeness (QED) is 0.510. The fraction of sp³-hybridized carbons (Fsp3) is 0.214. The summed E-state index contributed by atoms with van der Waals surface area (Å²) in [6.45, 7) is 3.94. The number of benzene rings is 1. The monoisotopic (exact) mass is 338 g/mol. The lowest BCUT2D eigenvalue weighted by molar-refractivity contribution is 0.0952. The zero-order valence-corrected chi connectivity index (χ0v) is 12.8. The first-order valence-electron chi connectivity index (χ1n) is 6.00. The highest BCUT2D eigenvalue weighted by molar-refractivity contribution is 9.10. The summed E-state index contributed by atoms with van der Waals surface area (Å²) in [7, 11) is 0. The van der Waals surface area contributed by atoms with Crippen LogP contribution in [-0.4, -0.2) is 5.91 Å². The minimum absolute atomic E-state index is 0.250. The number of amides is 1. The first kappa shape index (κ1) is 14.6. The largest absolute Gasteiger partial charge is 0.486 e. The Labute approximate surface area is 125 Å². The van der Waals surface area contributed by atoms with E-state index in [1.807, 2.05) is 25.1 Å². The molecule has 0 unspecified atom stereocenters. The number of nitrogens with two attached hydrogens (primary N) is 1. The van der Waals surface area contributed by atoms with Crippen LogP contribution in [0.4, 0.5) is 0 Å². The minimum atomic E-state index is -0.378. The highest BCUT2D eigenvalue weighted by Gasteiger charge is 2.14. The van der Waals surface area contributed by atoms with Crippen molar-refractivity contribution < 1.29 is 13.9 Å². The molecule has 0 aliphatic heterocycles. The fourth-order valence-corrected chi connectivity index (χ4v) is 2.03. The van der Waals surface area contributed by atoms with E-state index in [2.05, 4.69) is 21.4 Å². The van der Waals surface area contributed by atoms with E-state index < -0.39 is 0 Å². The lowest BCUT2D eigenvalue weighted by Gasteiger charge is -2.06. The maximum atomic E-state index is 11.5. The van der Waals surface area contributed by atoms with Crippen molar-refractivity contribution in [2.75, 3.05) is 0 Å². The SMILES string of the molecule is Cc1cc(OCc2cc(C(=O)NN)c(C)o2)ccc1Br. The number of hydrogen-bond acceptors (Lipinski definition) is 4. The molecule has 5 nitrogen and oxygen atoms in total. The lowest BCUT2D eigenvalue weighted by Crippen LogP contribution is -2.30. The van der Waals surface area contributed by atoms with Crippen LogP contribution >= 0.6 is 15.9 Å². The highest BCUT2D eigenvalue weighted by Crippen LogP contribution is 2.23. The molecule has 1 aromatic heterocycles. The molecule has 0 fully saturated rings. The normalized spacial score (nSPS) is 10.4. The van der Waals surface area contributed by atoms with Crippen molar-refractivity contribution in [2.24, 2.45) is 5.84 Å². The number of halogens is 1. The maximum Gasteiger partial charge on any atom is 0.268 e. The van der Waals surface area contributed by atoms with Crippen LogP contribution in [0.25, 0.3) is 0 Å². The van der Waals surface area contributed by atoms with Crippen molar-refractivity contribution in [3.63, 3.8) is 0 Å². The molecule has 106 valence electrons. The van der Waals surface area contributed by atoms with Crippen molar-refractivity contribution in [3.05, 3.63) is 51.4 Å².